The molecule has 8 bridgehead atoms. The van der Waals surface area contributed by atoms with Gasteiger partial charge in [-0.2, -0.15) is 0 Å². The minimum atomic E-state index is -0.523. The van der Waals surface area contributed by atoms with Gasteiger partial charge in [-0.3, -0.25) is 0 Å². The maximum absolute atomic E-state index is 6.82. The molecule has 56 heavy (non-hydrogen) atoms. The summed E-state index contributed by atoms with van der Waals surface area (Å²) < 4.78 is 51.1. The molecule has 0 saturated heterocycles. The smallest absolute Gasteiger partial charge is 0.134 e. The largest absolute Gasteiger partial charge is 0.496 e. The van der Waals surface area contributed by atoms with Crippen molar-refractivity contribution < 1.29 is 37.9 Å². The molecule has 0 fully saturated rings. The molecule has 1 aliphatic rings. The van der Waals surface area contributed by atoms with Crippen LogP contribution in [0.3, 0.4) is 0 Å². The summed E-state index contributed by atoms with van der Waals surface area (Å²) >= 11 is 0. The maximum atomic E-state index is 6.82. The summed E-state index contributed by atoms with van der Waals surface area (Å²) in [6, 6.07) is 44.6. The van der Waals surface area contributed by atoms with Gasteiger partial charge in [-0.05, 0) is 11.1 Å². The molecule has 0 aliphatic carbocycles. The molecule has 0 aromatic heterocycles. The van der Waals surface area contributed by atoms with E-state index in [4.69, 9.17) is 37.9 Å². The predicted molar refractivity (Wildman–Crippen MR) is 218 cm³/mol. The van der Waals surface area contributed by atoms with E-state index in [1.54, 1.807) is 28.4 Å². The average Bonchev–Trinajstić information content (AvgIpc) is 3.25. The Labute approximate surface area is 329 Å². The normalized spacial score (nSPS) is 15.3. The molecule has 1 aliphatic heterocycles. The predicted octanol–water partition coefficient (Wildman–Crippen LogP) is 9.94. The van der Waals surface area contributed by atoms with Gasteiger partial charge in [-0.25, -0.2) is 0 Å². The Kier molecular flexibility index (Phi) is 13.0. The molecule has 6 aromatic rings. The highest BCUT2D eigenvalue weighted by atomic mass is 16.6. The summed E-state index contributed by atoms with van der Waals surface area (Å²) in [5.74, 6) is 2.76. The SMILES string of the molecule is COc1c2cccc1-c1cccc(c1OC)-c1cccc(c1OC)-c1cccc(c1OC)COC(COCc1ccccc1)C(COCc1ccccc1)OC2. The van der Waals surface area contributed by atoms with Crippen LogP contribution < -0.4 is 18.9 Å². The van der Waals surface area contributed by atoms with Crippen molar-refractivity contribution in [3.8, 4) is 56.4 Å². The van der Waals surface area contributed by atoms with E-state index in [1.807, 2.05) is 133 Å². The monoisotopic (exact) mass is 752 g/mol. The van der Waals surface area contributed by atoms with Gasteiger partial charge in [-0.15, -0.1) is 0 Å². The molecule has 0 radical (unpaired) electrons. The fraction of sp³-hybridized carbons (Fsp3) is 0.250. The number of hydrogen-bond acceptors (Lipinski definition) is 8. The van der Waals surface area contributed by atoms with Crippen LogP contribution in [0, 0.1) is 0 Å². The lowest BCUT2D eigenvalue weighted by atomic mass is 9.92. The van der Waals surface area contributed by atoms with Crippen LogP contribution >= 0.6 is 0 Å². The highest BCUT2D eigenvalue weighted by Crippen LogP contribution is 2.49. The third kappa shape index (κ3) is 8.59. The summed E-state index contributed by atoms with van der Waals surface area (Å²) in [6.07, 6.45) is -1.05. The molecule has 0 saturated carbocycles. The first kappa shape index (κ1) is 38.6. The second kappa shape index (κ2) is 18.8. The molecule has 0 spiro atoms. The number of para-hydroxylation sites is 4. The van der Waals surface area contributed by atoms with Crippen molar-refractivity contribution in [2.75, 3.05) is 41.7 Å². The van der Waals surface area contributed by atoms with Gasteiger partial charge in [0.1, 0.15) is 35.2 Å². The highest BCUT2D eigenvalue weighted by molar-refractivity contribution is 5.91. The Balaban J connectivity index is 1.35. The number of fused-ring (bicyclic) bond motifs is 11. The Hall–Kier alpha value is -5.64. The van der Waals surface area contributed by atoms with Gasteiger partial charge in [-0.1, -0.05) is 133 Å². The van der Waals surface area contributed by atoms with Crippen LogP contribution in [0.4, 0.5) is 0 Å². The third-order valence-corrected chi connectivity index (χ3v) is 10.0. The molecule has 8 nitrogen and oxygen atoms in total. The zero-order chi connectivity index (χ0) is 38.7. The van der Waals surface area contributed by atoms with E-state index >= 15 is 0 Å². The molecular formula is C48H48O8. The van der Waals surface area contributed by atoms with Crippen molar-refractivity contribution in [3.05, 3.63) is 156 Å². The van der Waals surface area contributed by atoms with Crippen LogP contribution in [0.15, 0.2) is 133 Å². The van der Waals surface area contributed by atoms with Crippen LogP contribution in [-0.2, 0) is 45.4 Å². The van der Waals surface area contributed by atoms with Gasteiger partial charge in [0, 0.05) is 44.5 Å². The summed E-state index contributed by atoms with van der Waals surface area (Å²) in [5.41, 5.74) is 9.10. The van der Waals surface area contributed by atoms with Gasteiger partial charge in [0.25, 0.3) is 0 Å². The van der Waals surface area contributed by atoms with Crippen molar-refractivity contribution in [1.29, 1.82) is 0 Å². The van der Waals surface area contributed by atoms with Gasteiger partial charge in [0.2, 0.25) is 0 Å². The standard InChI is InChI=1S/C48H48O8/c1-49-45-35-19-11-21-37(45)39-23-13-25-41(47(39)51-3)42-26-14-24-40(48(42)52-4)38-22-12-20-36(46(38)50-2)30-56-44(32-54-28-34-17-9-6-10-18-34)43(55-29-35)31-53-27-33-15-7-5-8-16-33/h5-26,43-44H,27-32H2,1-4H3. The second-order valence-corrected chi connectivity index (χ2v) is 13.5. The lowest BCUT2D eigenvalue weighted by Gasteiger charge is -2.29. The van der Waals surface area contributed by atoms with E-state index in [1.165, 1.54) is 0 Å². The minimum absolute atomic E-state index is 0.228. The van der Waals surface area contributed by atoms with Crippen molar-refractivity contribution in [2.45, 2.75) is 38.6 Å². The summed E-state index contributed by atoms with van der Waals surface area (Å²) in [7, 11) is 6.75. The Morgan fingerprint density at radius 1 is 0.393 bits per heavy atom. The third-order valence-electron chi connectivity index (χ3n) is 10.0. The fourth-order valence-corrected chi connectivity index (χ4v) is 7.32. The minimum Gasteiger partial charge on any atom is -0.496 e. The second-order valence-electron chi connectivity index (χ2n) is 13.5. The number of hydrogen-bond donors (Lipinski definition) is 0. The maximum Gasteiger partial charge on any atom is 0.134 e. The van der Waals surface area contributed by atoms with Crippen LogP contribution in [0.25, 0.3) is 33.4 Å². The first-order valence-corrected chi connectivity index (χ1v) is 18.8. The Morgan fingerprint density at radius 3 is 1.05 bits per heavy atom. The summed E-state index contributed by atoms with van der Waals surface area (Å²) in [5, 5.41) is 0. The fourth-order valence-electron chi connectivity index (χ4n) is 7.32. The number of methoxy groups -OCH3 is 4. The zero-order valence-corrected chi connectivity index (χ0v) is 32.4. The van der Waals surface area contributed by atoms with Crippen LogP contribution in [-0.4, -0.2) is 53.9 Å². The summed E-state index contributed by atoms with van der Waals surface area (Å²) in [4.78, 5) is 0. The lowest BCUT2D eigenvalue weighted by Crippen LogP contribution is -2.39. The number of rotatable bonds is 12. The Bertz CT molecular complexity index is 2030. The van der Waals surface area contributed by atoms with Gasteiger partial charge in [0.15, 0.2) is 0 Å². The zero-order valence-electron chi connectivity index (χ0n) is 32.4. The van der Waals surface area contributed by atoms with Gasteiger partial charge in [0.05, 0.1) is 68.1 Å². The Morgan fingerprint density at radius 2 is 0.714 bits per heavy atom. The molecule has 8 heteroatoms. The van der Waals surface area contributed by atoms with E-state index in [9.17, 15) is 0 Å². The number of benzene rings is 6. The quantitative estimate of drug-likeness (QED) is 0.122. The first-order valence-electron chi connectivity index (χ1n) is 18.8. The van der Waals surface area contributed by atoms with Crippen molar-refractivity contribution in [3.63, 3.8) is 0 Å². The molecule has 0 amide bonds. The first-order chi connectivity index (χ1) is 27.6. The molecule has 0 N–H and O–H groups in total. The van der Waals surface area contributed by atoms with E-state index < -0.39 is 12.2 Å². The average molecular weight is 753 g/mol. The van der Waals surface area contributed by atoms with Crippen molar-refractivity contribution >= 4 is 0 Å². The van der Waals surface area contributed by atoms with Crippen molar-refractivity contribution in [2.24, 2.45) is 0 Å². The van der Waals surface area contributed by atoms with Gasteiger partial charge < -0.3 is 37.9 Å². The van der Waals surface area contributed by atoms with E-state index in [-0.39, 0.29) is 26.4 Å². The molecule has 288 valence electrons. The van der Waals surface area contributed by atoms with E-state index in [0.29, 0.717) is 36.2 Å². The summed E-state index contributed by atoms with van der Waals surface area (Å²) in [6.45, 7) is 1.81. The molecule has 2 unspecified atom stereocenters. The lowest BCUT2D eigenvalue weighted by molar-refractivity contribution is -0.140. The van der Waals surface area contributed by atoms with Crippen LogP contribution in [0.5, 0.6) is 23.0 Å². The molecule has 6 aromatic carbocycles. The van der Waals surface area contributed by atoms with Crippen LogP contribution in [0.1, 0.15) is 22.3 Å². The highest BCUT2D eigenvalue weighted by Gasteiger charge is 2.28. The number of ether oxygens (including phenoxy) is 8. The van der Waals surface area contributed by atoms with Crippen molar-refractivity contribution in [1.82, 2.24) is 0 Å². The van der Waals surface area contributed by atoms with E-state index in [2.05, 4.69) is 0 Å². The molecular weight excluding hydrogens is 705 g/mol. The van der Waals surface area contributed by atoms with Crippen LogP contribution in [0.2, 0.25) is 0 Å². The molecule has 1 heterocycles. The topological polar surface area (TPSA) is 73.8 Å². The van der Waals surface area contributed by atoms with Gasteiger partial charge >= 0.3 is 0 Å². The van der Waals surface area contributed by atoms with E-state index in [0.717, 1.165) is 55.6 Å². The molecule has 7 rings (SSSR count). The molecule has 2 atom stereocenters.